The lowest BCUT2D eigenvalue weighted by Gasteiger charge is -2.45. The summed E-state index contributed by atoms with van der Waals surface area (Å²) < 4.78 is 39.0. The van der Waals surface area contributed by atoms with E-state index < -0.39 is 17.4 Å². The molecule has 0 saturated carbocycles. The number of piperidine rings is 1. The average molecular weight is 414 g/mol. The first-order valence-corrected chi connectivity index (χ1v) is 9.90. The standard InChI is InChI=1S/C19H25F3N4OS/c1-2-8-23-17(28)25-9-6-18(7-10-25)24-12-16(27)26(18)13-14-4-3-5-15(11-14)19(20,21)22/h3-5,11,24H,2,6-10,12-13H2,1H3,(H,23,28). The lowest BCUT2D eigenvalue weighted by atomic mass is 9.95. The fraction of sp³-hybridized carbons (Fsp3) is 0.579. The van der Waals surface area contributed by atoms with Gasteiger partial charge in [-0.15, -0.1) is 0 Å². The van der Waals surface area contributed by atoms with Gasteiger partial charge in [-0.25, -0.2) is 0 Å². The number of benzene rings is 1. The summed E-state index contributed by atoms with van der Waals surface area (Å²) >= 11 is 5.42. The summed E-state index contributed by atoms with van der Waals surface area (Å²) in [6.07, 6.45) is -2.07. The summed E-state index contributed by atoms with van der Waals surface area (Å²) in [6.45, 7) is 4.63. The topological polar surface area (TPSA) is 47.6 Å². The van der Waals surface area contributed by atoms with Gasteiger partial charge in [-0.2, -0.15) is 13.2 Å². The summed E-state index contributed by atoms with van der Waals surface area (Å²) in [7, 11) is 0. The second kappa shape index (κ2) is 8.24. The Balaban J connectivity index is 1.70. The molecule has 9 heteroatoms. The third kappa shape index (κ3) is 4.41. The fourth-order valence-corrected chi connectivity index (χ4v) is 4.09. The maximum Gasteiger partial charge on any atom is 0.416 e. The highest BCUT2D eigenvalue weighted by molar-refractivity contribution is 7.80. The minimum absolute atomic E-state index is 0.0856. The van der Waals surface area contributed by atoms with Gasteiger partial charge < -0.3 is 15.1 Å². The van der Waals surface area contributed by atoms with Gasteiger partial charge in [-0.05, 0) is 36.3 Å². The summed E-state index contributed by atoms with van der Waals surface area (Å²) in [5.74, 6) is -0.0856. The number of thiocarbonyl (C=S) groups is 1. The van der Waals surface area contributed by atoms with Crippen molar-refractivity contribution in [3.8, 4) is 0 Å². The van der Waals surface area contributed by atoms with Gasteiger partial charge in [0.05, 0.1) is 17.8 Å². The van der Waals surface area contributed by atoms with Crippen molar-refractivity contribution in [2.45, 2.75) is 44.6 Å². The zero-order valence-electron chi connectivity index (χ0n) is 15.8. The normalized spacial score (nSPS) is 19.4. The number of nitrogens with zero attached hydrogens (tertiary/aromatic N) is 2. The van der Waals surface area contributed by atoms with Crippen LogP contribution in [-0.4, -0.2) is 52.7 Å². The Labute approximate surface area is 168 Å². The Bertz CT molecular complexity index is 732. The summed E-state index contributed by atoms with van der Waals surface area (Å²) in [5, 5.41) is 7.23. The van der Waals surface area contributed by atoms with Crippen molar-refractivity contribution < 1.29 is 18.0 Å². The number of rotatable bonds is 4. The van der Waals surface area contributed by atoms with Crippen LogP contribution >= 0.6 is 12.2 Å². The molecule has 1 aromatic carbocycles. The van der Waals surface area contributed by atoms with Gasteiger partial charge in [0.25, 0.3) is 0 Å². The molecule has 28 heavy (non-hydrogen) atoms. The predicted molar refractivity (Wildman–Crippen MR) is 104 cm³/mol. The highest BCUT2D eigenvalue weighted by atomic mass is 32.1. The fourth-order valence-electron chi connectivity index (χ4n) is 3.81. The largest absolute Gasteiger partial charge is 0.416 e. The average Bonchev–Trinajstić information content (AvgIpc) is 2.96. The lowest BCUT2D eigenvalue weighted by molar-refractivity contribution is -0.137. The number of hydrogen-bond donors (Lipinski definition) is 2. The second-order valence-electron chi connectivity index (χ2n) is 7.28. The monoisotopic (exact) mass is 414 g/mol. The van der Waals surface area contributed by atoms with E-state index in [4.69, 9.17) is 12.2 Å². The Morgan fingerprint density at radius 2 is 2.04 bits per heavy atom. The molecule has 0 aliphatic carbocycles. The van der Waals surface area contributed by atoms with Gasteiger partial charge in [0.1, 0.15) is 0 Å². The number of carbonyl (C=O) groups is 1. The van der Waals surface area contributed by atoms with Crippen LogP contribution in [0.2, 0.25) is 0 Å². The molecule has 154 valence electrons. The first-order chi connectivity index (χ1) is 13.2. The molecule has 0 radical (unpaired) electrons. The van der Waals surface area contributed by atoms with Crippen LogP contribution in [0.1, 0.15) is 37.3 Å². The number of likely N-dealkylation sites (tertiary alicyclic amines) is 1. The second-order valence-corrected chi connectivity index (χ2v) is 7.67. The highest BCUT2D eigenvalue weighted by Gasteiger charge is 2.47. The van der Waals surface area contributed by atoms with Crippen molar-refractivity contribution >= 4 is 23.2 Å². The van der Waals surface area contributed by atoms with Gasteiger partial charge in [0.15, 0.2) is 5.11 Å². The van der Waals surface area contributed by atoms with Crippen LogP contribution in [0.3, 0.4) is 0 Å². The van der Waals surface area contributed by atoms with E-state index in [2.05, 4.69) is 22.5 Å². The molecule has 1 amide bonds. The SMILES string of the molecule is CCCNC(=S)N1CCC2(CC1)NCC(=O)N2Cc1cccc(C(F)(F)F)c1. The van der Waals surface area contributed by atoms with Crippen molar-refractivity contribution in [1.29, 1.82) is 0 Å². The molecule has 2 heterocycles. The molecule has 1 aromatic rings. The number of halogens is 3. The van der Waals surface area contributed by atoms with Gasteiger partial charge in [-0.3, -0.25) is 10.1 Å². The van der Waals surface area contributed by atoms with Crippen molar-refractivity contribution in [1.82, 2.24) is 20.4 Å². The molecular formula is C19H25F3N4OS. The molecule has 1 spiro atoms. The van der Waals surface area contributed by atoms with E-state index >= 15 is 0 Å². The molecule has 0 unspecified atom stereocenters. The Hall–Kier alpha value is -1.87. The van der Waals surface area contributed by atoms with E-state index in [1.807, 2.05) is 0 Å². The van der Waals surface area contributed by atoms with E-state index in [-0.39, 0.29) is 19.0 Å². The summed E-state index contributed by atoms with van der Waals surface area (Å²) in [4.78, 5) is 16.3. The van der Waals surface area contributed by atoms with Gasteiger partial charge in [0.2, 0.25) is 5.91 Å². The van der Waals surface area contributed by atoms with Crippen LogP contribution in [0, 0.1) is 0 Å². The lowest BCUT2D eigenvalue weighted by Crippen LogP contribution is -2.59. The van der Waals surface area contributed by atoms with E-state index in [1.54, 1.807) is 11.0 Å². The molecule has 3 rings (SSSR count). The molecule has 2 saturated heterocycles. The van der Waals surface area contributed by atoms with Gasteiger partial charge >= 0.3 is 6.18 Å². The molecular weight excluding hydrogens is 389 g/mol. The molecule has 0 aromatic heterocycles. The molecule has 0 atom stereocenters. The van der Waals surface area contributed by atoms with Gasteiger partial charge in [-0.1, -0.05) is 19.1 Å². The van der Waals surface area contributed by atoms with Gasteiger partial charge in [0, 0.05) is 39.0 Å². The maximum atomic E-state index is 13.0. The highest BCUT2D eigenvalue weighted by Crippen LogP contribution is 2.33. The number of amides is 1. The van der Waals surface area contributed by atoms with E-state index in [0.29, 0.717) is 36.6 Å². The minimum Gasteiger partial charge on any atom is -0.363 e. The van der Waals surface area contributed by atoms with Crippen LogP contribution in [0.15, 0.2) is 24.3 Å². The zero-order chi connectivity index (χ0) is 20.4. The molecule has 2 fully saturated rings. The molecule has 5 nitrogen and oxygen atoms in total. The van der Waals surface area contributed by atoms with Crippen LogP contribution in [-0.2, 0) is 17.5 Å². The molecule has 2 aliphatic heterocycles. The van der Waals surface area contributed by atoms with Crippen molar-refractivity contribution in [2.24, 2.45) is 0 Å². The van der Waals surface area contributed by atoms with E-state index in [1.165, 1.54) is 6.07 Å². The predicted octanol–water partition coefficient (Wildman–Crippen LogP) is 2.71. The molecule has 2 aliphatic rings. The number of hydrogen-bond acceptors (Lipinski definition) is 3. The quantitative estimate of drug-likeness (QED) is 0.742. The van der Waals surface area contributed by atoms with E-state index in [9.17, 15) is 18.0 Å². The first-order valence-electron chi connectivity index (χ1n) is 9.49. The molecule has 2 N–H and O–H groups in total. The van der Waals surface area contributed by atoms with Crippen LogP contribution in [0.5, 0.6) is 0 Å². The van der Waals surface area contributed by atoms with Crippen molar-refractivity contribution in [3.63, 3.8) is 0 Å². The van der Waals surface area contributed by atoms with Crippen molar-refractivity contribution in [2.75, 3.05) is 26.2 Å². The Morgan fingerprint density at radius 3 is 2.68 bits per heavy atom. The maximum absolute atomic E-state index is 13.0. The minimum atomic E-state index is -4.40. The van der Waals surface area contributed by atoms with Crippen LogP contribution < -0.4 is 10.6 Å². The summed E-state index contributed by atoms with van der Waals surface area (Å²) in [5.41, 5.74) is -0.739. The molecule has 0 bridgehead atoms. The van der Waals surface area contributed by atoms with Crippen LogP contribution in [0.25, 0.3) is 0 Å². The zero-order valence-corrected chi connectivity index (χ0v) is 16.6. The summed E-state index contributed by atoms with van der Waals surface area (Å²) in [6, 6.07) is 5.19. The number of alkyl halides is 3. The smallest absolute Gasteiger partial charge is 0.363 e. The Kier molecular flexibility index (Phi) is 6.14. The Morgan fingerprint density at radius 1 is 1.32 bits per heavy atom. The van der Waals surface area contributed by atoms with E-state index in [0.717, 1.165) is 25.1 Å². The number of carbonyl (C=O) groups excluding carboxylic acids is 1. The third-order valence-electron chi connectivity index (χ3n) is 5.39. The first kappa shape index (κ1) is 20.9. The van der Waals surface area contributed by atoms with Crippen molar-refractivity contribution in [3.05, 3.63) is 35.4 Å². The van der Waals surface area contributed by atoms with Crippen LogP contribution in [0.4, 0.5) is 13.2 Å². The number of nitrogens with one attached hydrogen (secondary N) is 2. The third-order valence-corrected chi connectivity index (χ3v) is 5.79.